The van der Waals surface area contributed by atoms with E-state index >= 15 is 0 Å². The molecule has 0 saturated carbocycles. The Bertz CT molecular complexity index is 358. The second-order valence-corrected chi connectivity index (χ2v) is 4.40. The van der Waals surface area contributed by atoms with Gasteiger partial charge in [-0.2, -0.15) is 17.9 Å². The van der Waals surface area contributed by atoms with Crippen LogP contribution in [0, 0.1) is 0 Å². The Morgan fingerprint density at radius 3 is 1.94 bits per heavy atom. The lowest BCUT2D eigenvalue weighted by atomic mass is 10.4. The molecule has 0 rings (SSSR count). The summed E-state index contributed by atoms with van der Waals surface area (Å²) >= 11 is 0. The average molecular weight is 291 g/mol. The normalized spacial score (nSPS) is 13.6. The van der Waals surface area contributed by atoms with Crippen LogP contribution in [0.25, 0.3) is 0 Å². The number of carbonyl (C=O) groups excluding carboxylic acids is 1. The van der Waals surface area contributed by atoms with Crippen LogP contribution in [0.4, 0.5) is 13.2 Å². The van der Waals surface area contributed by atoms with E-state index in [2.05, 4.69) is 18.5 Å². The Morgan fingerprint density at radius 1 is 1.22 bits per heavy atom. The van der Waals surface area contributed by atoms with E-state index in [9.17, 15) is 22.5 Å². The highest BCUT2D eigenvalue weighted by molar-refractivity contribution is 7.52. The number of hydrogen-bond donors (Lipinski definition) is 0. The quantitative estimate of drug-likeness (QED) is 0.426. The molecule has 0 amide bonds. The van der Waals surface area contributed by atoms with Gasteiger partial charge in [-0.3, -0.25) is 9.05 Å². The predicted molar refractivity (Wildman–Crippen MR) is 56.4 cm³/mol. The maximum Gasteiger partial charge on any atom is 0.454 e. The van der Waals surface area contributed by atoms with E-state index in [0.29, 0.717) is 0 Å². The molecule has 106 valence electrons. The molecule has 0 aromatic heterocycles. The van der Waals surface area contributed by atoms with Crippen molar-refractivity contribution in [1.82, 2.24) is 0 Å². The largest absolute Gasteiger partial charge is 0.464 e. The molecule has 0 fully saturated rings. The van der Waals surface area contributed by atoms with Crippen LogP contribution < -0.4 is 0 Å². The van der Waals surface area contributed by atoms with Crippen LogP contribution in [0.5, 0.6) is 0 Å². The van der Waals surface area contributed by atoms with Crippen molar-refractivity contribution in [1.29, 1.82) is 0 Å². The number of alkyl halides is 3. The van der Waals surface area contributed by atoms with Crippen LogP contribution in [-0.2, 0) is 23.1 Å². The summed E-state index contributed by atoms with van der Waals surface area (Å²) in [5, 5.41) is 0. The summed E-state index contributed by atoms with van der Waals surface area (Å²) in [4.78, 5) is 10.9. The van der Waals surface area contributed by atoms with Gasteiger partial charge in [-0.15, -0.1) is 0 Å². The van der Waals surface area contributed by atoms with E-state index in [1.807, 2.05) is 0 Å². The van der Waals surface area contributed by atoms with Crippen LogP contribution >= 0.6 is 7.75 Å². The Morgan fingerprint density at radius 2 is 1.67 bits per heavy atom. The Labute approximate surface area is 102 Å². The molecule has 0 atom stereocenters. The highest BCUT2D eigenvalue weighted by Crippen LogP contribution is 2.50. The maximum atomic E-state index is 12.5. The highest BCUT2D eigenvalue weighted by atomic mass is 31.2. The van der Waals surface area contributed by atoms with Crippen LogP contribution in [0.2, 0.25) is 0 Å². The fourth-order valence-corrected chi connectivity index (χ4v) is 2.14. The van der Waals surface area contributed by atoms with E-state index < -0.39 is 25.6 Å². The van der Waals surface area contributed by atoms with Crippen LogP contribution in [0.1, 0.15) is 13.8 Å². The third-order valence-electron chi connectivity index (χ3n) is 1.45. The molecule has 18 heavy (non-hydrogen) atoms. The molecule has 0 aromatic carbocycles. The molecule has 0 aromatic rings. The lowest BCUT2D eigenvalue weighted by Gasteiger charge is -2.14. The smallest absolute Gasteiger partial charge is 0.454 e. The Hall–Kier alpha value is -0.920. The minimum absolute atomic E-state index is 0.187. The number of ether oxygens (including phenoxy) is 1. The molecule has 0 unspecified atom stereocenters. The maximum absolute atomic E-state index is 12.5. The number of esters is 1. The first-order valence-electron chi connectivity index (χ1n) is 4.85. The van der Waals surface area contributed by atoms with Crippen molar-refractivity contribution >= 4 is 19.4 Å². The molecule has 10 heteroatoms. The standard InChI is InChI=1S/C8H13F3NO5P/c1-4-16-18(14,17-5-2)12-6(7(13)15-3)8(9,10)11/h4-5H2,1-3H3. The molecule has 0 spiro atoms. The summed E-state index contributed by atoms with van der Waals surface area (Å²) in [6, 6.07) is 0. The van der Waals surface area contributed by atoms with Gasteiger partial charge < -0.3 is 4.74 Å². The van der Waals surface area contributed by atoms with Gasteiger partial charge in [-0.25, -0.2) is 9.36 Å². The minimum atomic E-state index is -5.11. The first-order chi connectivity index (χ1) is 8.20. The van der Waals surface area contributed by atoms with Crippen molar-refractivity contribution in [3.8, 4) is 0 Å². The zero-order chi connectivity index (χ0) is 14.4. The Balaban J connectivity index is 5.49. The number of halogens is 3. The van der Waals surface area contributed by atoms with Gasteiger partial charge in [0.05, 0.1) is 20.3 Å². The number of carbonyl (C=O) groups is 1. The number of hydrogen-bond acceptors (Lipinski definition) is 5. The zero-order valence-electron chi connectivity index (χ0n) is 9.98. The molecule has 0 heterocycles. The van der Waals surface area contributed by atoms with E-state index in [1.165, 1.54) is 13.8 Å². The lowest BCUT2D eigenvalue weighted by molar-refractivity contribution is -0.137. The van der Waals surface area contributed by atoms with Gasteiger partial charge in [0, 0.05) is 0 Å². The summed E-state index contributed by atoms with van der Waals surface area (Å²) in [6.45, 7) is 2.42. The summed E-state index contributed by atoms with van der Waals surface area (Å²) in [6.07, 6.45) is -5.11. The first kappa shape index (κ1) is 17.1. The van der Waals surface area contributed by atoms with Crippen LogP contribution in [-0.4, -0.2) is 38.2 Å². The van der Waals surface area contributed by atoms with Gasteiger partial charge in [0.1, 0.15) is 0 Å². The molecular formula is C8H13F3NO5P. The molecule has 0 aliphatic carbocycles. The number of methoxy groups -OCH3 is 1. The summed E-state index contributed by atoms with van der Waals surface area (Å²) < 4.78 is 65.0. The predicted octanol–water partition coefficient (Wildman–Crippen LogP) is 2.34. The minimum Gasteiger partial charge on any atom is -0.464 e. The van der Waals surface area contributed by atoms with Crippen molar-refractivity contribution in [3.63, 3.8) is 0 Å². The van der Waals surface area contributed by atoms with Crippen molar-refractivity contribution in [2.75, 3.05) is 20.3 Å². The van der Waals surface area contributed by atoms with Crippen molar-refractivity contribution < 1.29 is 36.3 Å². The molecule has 0 aliphatic heterocycles. The lowest BCUT2D eigenvalue weighted by Crippen LogP contribution is -2.32. The van der Waals surface area contributed by atoms with Gasteiger partial charge in [0.15, 0.2) is 0 Å². The van der Waals surface area contributed by atoms with Gasteiger partial charge >= 0.3 is 19.9 Å². The fourth-order valence-electron chi connectivity index (χ4n) is 0.854. The van der Waals surface area contributed by atoms with E-state index in [0.717, 1.165) is 7.11 Å². The number of rotatable bonds is 6. The second-order valence-electron chi connectivity index (χ2n) is 2.74. The van der Waals surface area contributed by atoms with Gasteiger partial charge in [0.25, 0.3) is 0 Å². The first-order valence-corrected chi connectivity index (χ1v) is 6.34. The van der Waals surface area contributed by atoms with Crippen molar-refractivity contribution in [2.24, 2.45) is 4.76 Å². The third kappa shape index (κ3) is 5.16. The SMILES string of the molecule is CCOP(=O)(N=C(C(=O)OC)C(F)(F)F)OCC. The van der Waals surface area contributed by atoms with Crippen LogP contribution in [0.15, 0.2) is 4.76 Å². The summed E-state index contributed by atoms with van der Waals surface area (Å²) in [5.41, 5.74) is -1.96. The average Bonchev–Trinajstić information content (AvgIpc) is 2.24. The topological polar surface area (TPSA) is 74.2 Å². The number of nitrogens with zero attached hydrogens (tertiary/aromatic N) is 1. The van der Waals surface area contributed by atoms with Gasteiger partial charge in [-0.1, -0.05) is 0 Å². The Kier molecular flexibility index (Phi) is 6.51. The van der Waals surface area contributed by atoms with E-state index in [1.54, 1.807) is 0 Å². The van der Waals surface area contributed by atoms with Gasteiger partial charge in [-0.05, 0) is 13.8 Å². The second kappa shape index (κ2) is 6.86. The molecule has 0 radical (unpaired) electrons. The monoisotopic (exact) mass is 291 g/mol. The van der Waals surface area contributed by atoms with Crippen LogP contribution in [0.3, 0.4) is 0 Å². The summed E-state index contributed by atoms with van der Waals surface area (Å²) in [5.74, 6) is -1.76. The van der Waals surface area contributed by atoms with Crippen molar-refractivity contribution in [2.45, 2.75) is 20.0 Å². The zero-order valence-corrected chi connectivity index (χ0v) is 10.9. The third-order valence-corrected chi connectivity index (χ3v) is 3.07. The molecular weight excluding hydrogens is 278 g/mol. The van der Waals surface area contributed by atoms with E-state index in [4.69, 9.17) is 0 Å². The van der Waals surface area contributed by atoms with Gasteiger partial charge in [0.2, 0.25) is 5.71 Å². The summed E-state index contributed by atoms with van der Waals surface area (Å²) in [7, 11) is -3.63. The molecule has 0 bridgehead atoms. The van der Waals surface area contributed by atoms with E-state index in [-0.39, 0.29) is 13.2 Å². The highest BCUT2D eigenvalue weighted by Gasteiger charge is 2.44. The molecule has 0 aliphatic rings. The molecule has 0 saturated heterocycles. The molecule has 0 N–H and O–H groups in total. The molecule has 6 nitrogen and oxygen atoms in total. The van der Waals surface area contributed by atoms with Crippen molar-refractivity contribution in [3.05, 3.63) is 0 Å². The fraction of sp³-hybridized carbons (Fsp3) is 0.750.